The zero-order chi connectivity index (χ0) is 15.1. The van der Waals surface area contributed by atoms with Crippen molar-refractivity contribution in [2.45, 2.75) is 43.0 Å². The number of nitrogens with two attached hydrogens (primary N) is 1. The molecule has 0 heterocycles. The molecule has 4 N–H and O–H groups in total. The quantitative estimate of drug-likeness (QED) is 0.589. The molecule has 0 radical (unpaired) electrons. The van der Waals surface area contributed by atoms with Crippen molar-refractivity contribution >= 4 is 29.4 Å². The first-order valence-electron chi connectivity index (χ1n) is 7.22. The standard InChI is InChI=1S/C15H21N3O2S/c16-11-5-4-8-13(9-11)21-10-14(19)18-15(20)17-12-6-2-1-3-7-12/h4-5,8-9,12H,1-3,6-7,10,16H2,(H2,17,18,19,20). The molecule has 2 rings (SSSR count). The molecule has 0 spiro atoms. The first-order valence-corrected chi connectivity index (χ1v) is 8.21. The SMILES string of the molecule is Nc1cccc(SCC(=O)NC(=O)NC2CCCCC2)c1. The second kappa shape index (κ2) is 7.93. The summed E-state index contributed by atoms with van der Waals surface area (Å²) in [4.78, 5) is 24.4. The number of thioether (sulfide) groups is 1. The number of nitrogens with one attached hydrogen (secondary N) is 2. The molecular formula is C15H21N3O2S. The maximum Gasteiger partial charge on any atom is 0.321 e. The second-order valence-electron chi connectivity index (χ2n) is 5.22. The Kier molecular flexibility index (Phi) is 5.92. The van der Waals surface area contributed by atoms with Gasteiger partial charge in [0, 0.05) is 16.6 Å². The maximum atomic E-state index is 11.7. The van der Waals surface area contributed by atoms with Gasteiger partial charge >= 0.3 is 6.03 Å². The normalized spacial score (nSPS) is 15.4. The summed E-state index contributed by atoms with van der Waals surface area (Å²) in [5.74, 6) is -0.0996. The minimum atomic E-state index is -0.389. The molecule has 21 heavy (non-hydrogen) atoms. The zero-order valence-electron chi connectivity index (χ0n) is 11.9. The molecule has 1 aliphatic carbocycles. The Labute approximate surface area is 129 Å². The Morgan fingerprint density at radius 2 is 2.00 bits per heavy atom. The van der Waals surface area contributed by atoms with E-state index in [9.17, 15) is 9.59 Å². The number of carbonyl (C=O) groups is 2. The lowest BCUT2D eigenvalue weighted by Crippen LogP contribution is -2.45. The van der Waals surface area contributed by atoms with E-state index in [-0.39, 0.29) is 23.7 Å². The monoisotopic (exact) mass is 307 g/mol. The molecule has 1 aromatic rings. The van der Waals surface area contributed by atoms with Gasteiger partial charge in [-0.1, -0.05) is 25.3 Å². The number of nitrogen functional groups attached to an aromatic ring is 1. The number of urea groups is 1. The smallest absolute Gasteiger partial charge is 0.321 e. The van der Waals surface area contributed by atoms with Crippen molar-refractivity contribution in [3.05, 3.63) is 24.3 Å². The third-order valence-corrected chi connectivity index (χ3v) is 4.42. The van der Waals surface area contributed by atoms with Gasteiger partial charge in [-0.15, -0.1) is 11.8 Å². The summed E-state index contributed by atoms with van der Waals surface area (Å²) < 4.78 is 0. The fraction of sp³-hybridized carbons (Fsp3) is 0.467. The number of hydrogen-bond donors (Lipinski definition) is 3. The lowest BCUT2D eigenvalue weighted by atomic mass is 9.96. The highest BCUT2D eigenvalue weighted by atomic mass is 32.2. The van der Waals surface area contributed by atoms with E-state index < -0.39 is 0 Å². The van der Waals surface area contributed by atoms with Gasteiger partial charge in [-0.2, -0.15) is 0 Å². The molecule has 0 atom stereocenters. The zero-order valence-corrected chi connectivity index (χ0v) is 12.7. The van der Waals surface area contributed by atoms with Crippen molar-refractivity contribution < 1.29 is 9.59 Å². The van der Waals surface area contributed by atoms with E-state index in [0.717, 1.165) is 30.6 Å². The predicted molar refractivity (Wildman–Crippen MR) is 85.1 cm³/mol. The molecule has 114 valence electrons. The molecular weight excluding hydrogens is 286 g/mol. The third-order valence-electron chi connectivity index (χ3n) is 3.42. The molecule has 0 bridgehead atoms. The molecule has 0 aromatic heterocycles. The fourth-order valence-electron chi connectivity index (χ4n) is 2.38. The van der Waals surface area contributed by atoms with Crippen LogP contribution >= 0.6 is 11.8 Å². The minimum Gasteiger partial charge on any atom is -0.399 e. The van der Waals surface area contributed by atoms with E-state index in [1.807, 2.05) is 12.1 Å². The molecule has 5 nitrogen and oxygen atoms in total. The van der Waals surface area contributed by atoms with Gasteiger partial charge in [0.15, 0.2) is 0 Å². The van der Waals surface area contributed by atoms with Crippen LogP contribution in [0, 0.1) is 0 Å². The van der Waals surface area contributed by atoms with Crippen LogP contribution in [0.1, 0.15) is 32.1 Å². The average molecular weight is 307 g/mol. The molecule has 1 saturated carbocycles. The van der Waals surface area contributed by atoms with Gasteiger partial charge < -0.3 is 11.1 Å². The van der Waals surface area contributed by atoms with Gasteiger partial charge in [0.2, 0.25) is 5.91 Å². The lowest BCUT2D eigenvalue weighted by molar-refractivity contribution is -0.117. The Hall–Kier alpha value is -1.69. The summed E-state index contributed by atoms with van der Waals surface area (Å²) in [5, 5.41) is 5.23. The number of rotatable bonds is 4. The van der Waals surface area contributed by atoms with E-state index >= 15 is 0 Å². The number of benzene rings is 1. The maximum absolute atomic E-state index is 11.7. The fourth-order valence-corrected chi connectivity index (χ4v) is 3.15. The van der Waals surface area contributed by atoms with Gasteiger partial charge in [0.1, 0.15) is 0 Å². The molecule has 1 fully saturated rings. The van der Waals surface area contributed by atoms with Gasteiger partial charge in [-0.3, -0.25) is 10.1 Å². The number of anilines is 1. The highest BCUT2D eigenvalue weighted by Crippen LogP contribution is 2.20. The largest absolute Gasteiger partial charge is 0.399 e. The predicted octanol–water partition coefficient (Wildman–Crippen LogP) is 2.52. The minimum absolute atomic E-state index is 0.196. The van der Waals surface area contributed by atoms with Crippen molar-refractivity contribution in [1.82, 2.24) is 10.6 Å². The highest BCUT2D eigenvalue weighted by Gasteiger charge is 2.16. The average Bonchev–Trinajstić information content (AvgIpc) is 2.46. The van der Waals surface area contributed by atoms with Crippen LogP contribution in [0.25, 0.3) is 0 Å². The molecule has 0 aliphatic heterocycles. The number of amides is 3. The van der Waals surface area contributed by atoms with E-state index in [0.29, 0.717) is 5.69 Å². The van der Waals surface area contributed by atoms with Crippen molar-refractivity contribution in [1.29, 1.82) is 0 Å². The van der Waals surface area contributed by atoms with Gasteiger partial charge in [-0.05, 0) is 31.0 Å². The topological polar surface area (TPSA) is 84.2 Å². The van der Waals surface area contributed by atoms with Crippen molar-refractivity contribution in [2.24, 2.45) is 0 Å². The molecule has 0 saturated heterocycles. The van der Waals surface area contributed by atoms with Crippen molar-refractivity contribution in [3.8, 4) is 0 Å². The first kappa shape index (κ1) is 15.7. The van der Waals surface area contributed by atoms with Crippen molar-refractivity contribution in [3.63, 3.8) is 0 Å². The van der Waals surface area contributed by atoms with Crippen LogP contribution in [0.15, 0.2) is 29.2 Å². The molecule has 1 aliphatic rings. The van der Waals surface area contributed by atoms with Crippen LogP contribution in [0.5, 0.6) is 0 Å². The molecule has 0 unspecified atom stereocenters. The third kappa shape index (κ3) is 5.67. The Balaban J connectivity index is 1.70. The van der Waals surface area contributed by atoms with Crippen LogP contribution in [-0.2, 0) is 4.79 Å². The summed E-state index contributed by atoms with van der Waals surface area (Å²) in [6, 6.07) is 7.14. The van der Waals surface area contributed by atoms with E-state index in [2.05, 4.69) is 10.6 Å². The van der Waals surface area contributed by atoms with E-state index in [1.54, 1.807) is 12.1 Å². The van der Waals surface area contributed by atoms with Crippen LogP contribution in [-0.4, -0.2) is 23.7 Å². The van der Waals surface area contributed by atoms with Crippen molar-refractivity contribution in [2.75, 3.05) is 11.5 Å². The second-order valence-corrected chi connectivity index (χ2v) is 6.27. The van der Waals surface area contributed by atoms with E-state index in [4.69, 9.17) is 5.73 Å². The Morgan fingerprint density at radius 1 is 1.24 bits per heavy atom. The van der Waals surface area contributed by atoms with Gasteiger partial charge in [-0.25, -0.2) is 4.79 Å². The van der Waals surface area contributed by atoms with Crippen LogP contribution in [0.2, 0.25) is 0 Å². The molecule has 1 aromatic carbocycles. The number of hydrogen-bond acceptors (Lipinski definition) is 4. The summed E-state index contributed by atoms with van der Waals surface area (Å²) in [5.41, 5.74) is 6.33. The number of carbonyl (C=O) groups excluding carboxylic acids is 2. The summed E-state index contributed by atoms with van der Waals surface area (Å²) in [7, 11) is 0. The van der Waals surface area contributed by atoms with Gasteiger partial charge in [0.05, 0.1) is 5.75 Å². The van der Waals surface area contributed by atoms with Crippen LogP contribution in [0.3, 0.4) is 0 Å². The summed E-state index contributed by atoms with van der Waals surface area (Å²) in [6.45, 7) is 0. The summed E-state index contributed by atoms with van der Waals surface area (Å²) >= 11 is 1.36. The molecule has 3 amide bonds. The summed E-state index contributed by atoms with van der Waals surface area (Å²) in [6.07, 6.45) is 5.52. The molecule has 6 heteroatoms. The first-order chi connectivity index (χ1) is 10.1. The highest BCUT2D eigenvalue weighted by molar-refractivity contribution is 8.00. The Morgan fingerprint density at radius 3 is 2.71 bits per heavy atom. The van der Waals surface area contributed by atoms with Crippen LogP contribution < -0.4 is 16.4 Å². The number of imide groups is 1. The van der Waals surface area contributed by atoms with Crippen LogP contribution in [0.4, 0.5) is 10.5 Å². The van der Waals surface area contributed by atoms with E-state index in [1.165, 1.54) is 18.2 Å². The lowest BCUT2D eigenvalue weighted by Gasteiger charge is -2.22. The van der Waals surface area contributed by atoms with Gasteiger partial charge in [0.25, 0.3) is 0 Å². The Bertz CT molecular complexity index is 501.